The molecule has 0 aromatic carbocycles. The second-order valence-corrected chi connectivity index (χ2v) is 8.46. The standard InChI is InChI=1S/C19H34N2/c1-14(20-9-3-4-10-20)18-16-7-8-17(13-16)19(18)15(2)21-11-5-6-12-21/h14-19H,3-13H2,1-2H3. The molecule has 6 unspecified atom stereocenters. The quantitative estimate of drug-likeness (QED) is 0.780. The predicted molar refractivity (Wildman–Crippen MR) is 88.3 cm³/mol. The van der Waals surface area contributed by atoms with E-state index in [1.165, 1.54) is 64.7 Å². The van der Waals surface area contributed by atoms with Crippen molar-refractivity contribution >= 4 is 0 Å². The van der Waals surface area contributed by atoms with Crippen molar-refractivity contribution < 1.29 is 0 Å². The van der Waals surface area contributed by atoms with Crippen LogP contribution in [0.25, 0.3) is 0 Å². The van der Waals surface area contributed by atoms with E-state index in [0.717, 1.165) is 35.8 Å². The summed E-state index contributed by atoms with van der Waals surface area (Å²) in [6.45, 7) is 10.6. The van der Waals surface area contributed by atoms with E-state index in [4.69, 9.17) is 0 Å². The maximum Gasteiger partial charge on any atom is 0.0101 e. The van der Waals surface area contributed by atoms with Crippen LogP contribution in [0.4, 0.5) is 0 Å². The maximum absolute atomic E-state index is 2.83. The summed E-state index contributed by atoms with van der Waals surface area (Å²) in [7, 11) is 0. The van der Waals surface area contributed by atoms with Crippen LogP contribution < -0.4 is 0 Å². The van der Waals surface area contributed by atoms with Gasteiger partial charge in [0, 0.05) is 12.1 Å². The molecule has 2 saturated heterocycles. The molecule has 2 heterocycles. The van der Waals surface area contributed by atoms with Gasteiger partial charge in [0.05, 0.1) is 0 Å². The third kappa shape index (κ3) is 2.47. The highest BCUT2D eigenvalue weighted by Gasteiger charge is 2.53. The highest BCUT2D eigenvalue weighted by atomic mass is 15.2. The second kappa shape index (κ2) is 5.85. The summed E-state index contributed by atoms with van der Waals surface area (Å²) in [5, 5.41) is 0. The highest BCUT2D eigenvalue weighted by Crippen LogP contribution is 2.56. The minimum absolute atomic E-state index is 0.845. The smallest absolute Gasteiger partial charge is 0.0101 e. The molecule has 2 bridgehead atoms. The molecule has 2 aliphatic heterocycles. The molecule has 4 rings (SSSR count). The number of fused-ring (bicyclic) bond motifs is 2. The molecule has 2 heteroatoms. The molecule has 0 amide bonds. The Balaban J connectivity index is 1.52. The maximum atomic E-state index is 2.83. The van der Waals surface area contributed by atoms with Crippen molar-refractivity contribution in [2.75, 3.05) is 26.2 Å². The Morgan fingerprint density at radius 2 is 1.05 bits per heavy atom. The molecule has 21 heavy (non-hydrogen) atoms. The van der Waals surface area contributed by atoms with Crippen molar-refractivity contribution in [1.29, 1.82) is 0 Å². The van der Waals surface area contributed by atoms with Crippen molar-refractivity contribution in [2.24, 2.45) is 23.7 Å². The lowest BCUT2D eigenvalue weighted by Gasteiger charge is -2.44. The van der Waals surface area contributed by atoms with Gasteiger partial charge in [-0.3, -0.25) is 0 Å². The first-order chi connectivity index (χ1) is 10.3. The van der Waals surface area contributed by atoms with Crippen LogP contribution in [0.3, 0.4) is 0 Å². The normalized spacial score (nSPS) is 43.7. The number of rotatable bonds is 4. The van der Waals surface area contributed by atoms with Crippen LogP contribution in [0.2, 0.25) is 0 Å². The molecule has 0 radical (unpaired) electrons. The van der Waals surface area contributed by atoms with Gasteiger partial charge in [0.15, 0.2) is 0 Å². The van der Waals surface area contributed by atoms with E-state index >= 15 is 0 Å². The molecule has 4 fully saturated rings. The first kappa shape index (κ1) is 14.5. The van der Waals surface area contributed by atoms with Crippen molar-refractivity contribution in [3.8, 4) is 0 Å². The minimum Gasteiger partial charge on any atom is -0.300 e. The Morgan fingerprint density at radius 3 is 1.43 bits per heavy atom. The molecule has 0 aromatic rings. The molecule has 120 valence electrons. The Bertz CT molecular complexity index is 323. The second-order valence-electron chi connectivity index (χ2n) is 8.46. The third-order valence-corrected chi connectivity index (χ3v) is 7.59. The summed E-state index contributed by atoms with van der Waals surface area (Å²) in [6, 6.07) is 1.69. The minimum atomic E-state index is 0.845. The summed E-state index contributed by atoms with van der Waals surface area (Å²) in [5.41, 5.74) is 0. The van der Waals surface area contributed by atoms with E-state index in [-0.39, 0.29) is 0 Å². The van der Waals surface area contributed by atoms with Crippen LogP contribution in [0.15, 0.2) is 0 Å². The van der Waals surface area contributed by atoms with Gasteiger partial charge >= 0.3 is 0 Å². The lowest BCUT2D eigenvalue weighted by Crippen LogP contribution is -2.49. The summed E-state index contributed by atoms with van der Waals surface area (Å²) in [6.07, 6.45) is 10.4. The Labute approximate surface area is 131 Å². The monoisotopic (exact) mass is 290 g/mol. The molecule has 2 aliphatic carbocycles. The zero-order valence-electron chi connectivity index (χ0n) is 14.1. The molecule has 0 N–H and O–H groups in total. The van der Waals surface area contributed by atoms with Crippen LogP contribution in [-0.2, 0) is 0 Å². The van der Waals surface area contributed by atoms with Crippen LogP contribution in [0.1, 0.15) is 58.8 Å². The van der Waals surface area contributed by atoms with Crippen molar-refractivity contribution in [1.82, 2.24) is 9.80 Å². The summed E-state index contributed by atoms with van der Waals surface area (Å²) in [5.74, 6) is 4.11. The summed E-state index contributed by atoms with van der Waals surface area (Å²) < 4.78 is 0. The highest BCUT2D eigenvalue weighted by molar-refractivity contribution is 5.04. The zero-order chi connectivity index (χ0) is 14.4. The zero-order valence-corrected chi connectivity index (χ0v) is 14.1. The van der Waals surface area contributed by atoms with Gasteiger partial charge < -0.3 is 9.80 Å². The molecular weight excluding hydrogens is 256 g/mol. The molecular formula is C19H34N2. The first-order valence-corrected chi connectivity index (χ1v) is 9.74. The van der Waals surface area contributed by atoms with Gasteiger partial charge in [0.25, 0.3) is 0 Å². The average molecular weight is 290 g/mol. The first-order valence-electron chi connectivity index (χ1n) is 9.74. The topological polar surface area (TPSA) is 6.48 Å². The van der Waals surface area contributed by atoms with Crippen LogP contribution in [0, 0.1) is 23.7 Å². The summed E-state index contributed by atoms with van der Waals surface area (Å²) >= 11 is 0. The molecule has 0 aromatic heterocycles. The van der Waals surface area contributed by atoms with Gasteiger partial charge in [0.1, 0.15) is 0 Å². The Morgan fingerprint density at radius 1 is 0.667 bits per heavy atom. The molecule has 2 nitrogen and oxygen atoms in total. The van der Waals surface area contributed by atoms with Crippen LogP contribution in [-0.4, -0.2) is 48.1 Å². The fourth-order valence-corrected chi connectivity index (χ4v) is 6.60. The number of likely N-dealkylation sites (tertiary alicyclic amines) is 2. The number of nitrogens with zero attached hydrogens (tertiary/aromatic N) is 2. The van der Waals surface area contributed by atoms with Gasteiger partial charge in [-0.1, -0.05) is 0 Å². The Hall–Kier alpha value is -0.0800. The molecule has 2 saturated carbocycles. The van der Waals surface area contributed by atoms with Crippen molar-refractivity contribution in [3.05, 3.63) is 0 Å². The van der Waals surface area contributed by atoms with Crippen molar-refractivity contribution in [2.45, 2.75) is 70.9 Å². The predicted octanol–water partition coefficient (Wildman–Crippen LogP) is 3.62. The van der Waals surface area contributed by atoms with Crippen LogP contribution in [0.5, 0.6) is 0 Å². The molecule has 6 atom stereocenters. The fraction of sp³-hybridized carbons (Fsp3) is 1.00. The third-order valence-electron chi connectivity index (χ3n) is 7.59. The Kier molecular flexibility index (Phi) is 4.04. The van der Waals surface area contributed by atoms with E-state index in [9.17, 15) is 0 Å². The number of hydrogen-bond donors (Lipinski definition) is 0. The van der Waals surface area contributed by atoms with Gasteiger partial charge in [-0.25, -0.2) is 0 Å². The molecule has 0 spiro atoms. The SMILES string of the molecule is CC(C1C2CCC(C2)C1C(C)N1CCCC1)N1CCCC1. The van der Waals surface area contributed by atoms with Gasteiger partial charge in [0.2, 0.25) is 0 Å². The summed E-state index contributed by atoms with van der Waals surface area (Å²) in [4.78, 5) is 5.66. The van der Waals surface area contributed by atoms with E-state index < -0.39 is 0 Å². The van der Waals surface area contributed by atoms with E-state index in [2.05, 4.69) is 23.6 Å². The van der Waals surface area contributed by atoms with E-state index in [1.807, 2.05) is 0 Å². The fourth-order valence-electron chi connectivity index (χ4n) is 6.60. The molecule has 4 aliphatic rings. The van der Waals surface area contributed by atoms with Gasteiger partial charge in [-0.05, 0) is 109 Å². The van der Waals surface area contributed by atoms with Gasteiger partial charge in [-0.15, -0.1) is 0 Å². The number of hydrogen-bond acceptors (Lipinski definition) is 2. The average Bonchev–Trinajstić information content (AvgIpc) is 3.30. The largest absolute Gasteiger partial charge is 0.300 e. The lowest BCUT2D eigenvalue weighted by atomic mass is 9.72. The lowest BCUT2D eigenvalue weighted by molar-refractivity contribution is 0.0455. The van der Waals surface area contributed by atoms with E-state index in [1.54, 1.807) is 6.42 Å². The van der Waals surface area contributed by atoms with E-state index in [0.29, 0.717) is 0 Å². The van der Waals surface area contributed by atoms with Crippen molar-refractivity contribution in [3.63, 3.8) is 0 Å². The van der Waals surface area contributed by atoms with Crippen LogP contribution >= 0.6 is 0 Å². The van der Waals surface area contributed by atoms with Gasteiger partial charge in [-0.2, -0.15) is 0 Å².